The Labute approximate surface area is 201 Å². The Kier molecular flexibility index (Phi) is 6.72. The molecule has 32 heavy (non-hydrogen) atoms. The van der Waals surface area contributed by atoms with Crippen LogP contribution in [0, 0.1) is 0 Å². The van der Waals surface area contributed by atoms with Crippen LogP contribution in [-0.4, -0.2) is 15.2 Å². The van der Waals surface area contributed by atoms with Crippen molar-refractivity contribution in [2.75, 3.05) is 5.32 Å². The average Bonchev–Trinajstić information content (AvgIpc) is 2.81. The van der Waals surface area contributed by atoms with Crippen molar-refractivity contribution in [3.05, 3.63) is 106 Å². The number of aromatic nitrogens is 1. The average molecular weight is 482 g/mol. The normalized spacial score (nSPS) is 11.8. The lowest BCUT2D eigenvalue weighted by molar-refractivity contribution is -0.576. The molecule has 1 heterocycles. The highest BCUT2D eigenvalue weighted by atomic mass is 35.5. The smallest absolute Gasteiger partial charge is 0.288 e. The second-order valence-corrected chi connectivity index (χ2v) is 8.31. The summed E-state index contributed by atoms with van der Waals surface area (Å²) < 4.78 is 1.67. The fraction of sp³-hybridized carbons (Fsp3) is 0.0400. The number of hydrogen-bond donors (Lipinski definition) is 3. The molecular formula is C25H19Cl2N2O2S+. The third-order valence-electron chi connectivity index (χ3n) is 4.97. The molecule has 7 heteroatoms. The molecule has 3 aromatic carbocycles. The molecule has 160 valence electrons. The summed E-state index contributed by atoms with van der Waals surface area (Å²) >= 11 is 18.0. The molecule has 4 aromatic rings. The van der Waals surface area contributed by atoms with E-state index in [0.29, 0.717) is 31.9 Å². The highest BCUT2D eigenvalue weighted by Gasteiger charge is 2.25. The summed E-state index contributed by atoms with van der Waals surface area (Å²) in [6.07, 6.45) is 3.46. The molecule has 0 unspecified atom stereocenters. The summed E-state index contributed by atoms with van der Waals surface area (Å²) in [6, 6.07) is 22.3. The first kappa shape index (κ1) is 22.2. The number of halogens is 2. The fourth-order valence-corrected chi connectivity index (χ4v) is 4.01. The molecule has 4 nitrogen and oxygen atoms in total. The summed E-state index contributed by atoms with van der Waals surface area (Å²) in [6.45, 7) is -0.148. The molecule has 1 aromatic heterocycles. The molecular weight excluding hydrogens is 463 g/mol. The van der Waals surface area contributed by atoms with E-state index in [1.165, 1.54) is 0 Å². The summed E-state index contributed by atoms with van der Waals surface area (Å²) in [5.74, 6) is -0.0820. The predicted molar refractivity (Wildman–Crippen MR) is 135 cm³/mol. The number of nitrogens with one attached hydrogen (secondary N) is 1. The van der Waals surface area contributed by atoms with Gasteiger partial charge in [-0.2, -0.15) is 4.57 Å². The second-order valence-electron chi connectivity index (χ2n) is 7.08. The first-order valence-electron chi connectivity index (χ1n) is 9.77. The van der Waals surface area contributed by atoms with Gasteiger partial charge in [0.05, 0.1) is 16.7 Å². The Morgan fingerprint density at radius 2 is 1.72 bits per heavy atom. The quantitative estimate of drug-likeness (QED) is 0.136. The van der Waals surface area contributed by atoms with Gasteiger partial charge < -0.3 is 15.5 Å². The number of nitrogens with zero attached hydrogens (tertiary/aromatic N) is 1. The Bertz CT molecular complexity index is 1350. The standard InChI is InChI=1S/C25H18Cl2N2O2S/c26-20-11-10-18(13-21(20)27)24(31)23(29-12-4-5-16(14-29)15-30)25(32)28-22-9-3-7-17-6-1-2-8-19(17)22/h1-14,30H,15H2,(H-,28,31,32)/p+1. The van der Waals surface area contributed by atoms with Crippen molar-refractivity contribution in [3.63, 3.8) is 0 Å². The molecule has 0 spiro atoms. The van der Waals surface area contributed by atoms with E-state index >= 15 is 0 Å². The maximum absolute atomic E-state index is 11.2. The van der Waals surface area contributed by atoms with Crippen molar-refractivity contribution in [1.29, 1.82) is 0 Å². The summed E-state index contributed by atoms with van der Waals surface area (Å²) in [5, 5.41) is 26.9. The van der Waals surface area contributed by atoms with Gasteiger partial charge in [0.25, 0.3) is 5.70 Å². The van der Waals surface area contributed by atoms with Gasteiger partial charge >= 0.3 is 0 Å². The predicted octanol–water partition coefficient (Wildman–Crippen LogP) is 6.25. The van der Waals surface area contributed by atoms with E-state index in [9.17, 15) is 10.2 Å². The maximum atomic E-state index is 11.2. The molecule has 3 N–H and O–H groups in total. The van der Waals surface area contributed by atoms with Crippen molar-refractivity contribution >= 4 is 68.3 Å². The molecule has 0 fully saturated rings. The van der Waals surface area contributed by atoms with E-state index in [-0.39, 0.29) is 12.4 Å². The fourth-order valence-electron chi connectivity index (χ4n) is 3.40. The van der Waals surface area contributed by atoms with Crippen LogP contribution in [0.15, 0.2) is 85.2 Å². The van der Waals surface area contributed by atoms with E-state index in [2.05, 4.69) is 5.32 Å². The summed E-state index contributed by atoms with van der Waals surface area (Å²) in [4.78, 5) is 0.296. The van der Waals surface area contributed by atoms with Crippen LogP contribution in [0.1, 0.15) is 11.1 Å². The van der Waals surface area contributed by atoms with Gasteiger partial charge in [0.2, 0.25) is 0 Å². The lowest BCUT2D eigenvalue weighted by atomic mass is 10.1. The van der Waals surface area contributed by atoms with Gasteiger partial charge in [-0.25, -0.2) is 0 Å². The van der Waals surface area contributed by atoms with Crippen LogP contribution in [0.5, 0.6) is 0 Å². The molecule has 0 radical (unpaired) electrons. The number of rotatable bonds is 5. The third kappa shape index (κ3) is 4.61. The molecule has 0 aliphatic carbocycles. The van der Waals surface area contributed by atoms with Crippen LogP contribution in [0.3, 0.4) is 0 Å². The van der Waals surface area contributed by atoms with Gasteiger partial charge in [-0.3, -0.25) is 0 Å². The van der Waals surface area contributed by atoms with Crippen molar-refractivity contribution in [3.8, 4) is 0 Å². The number of benzene rings is 3. The number of hydrogen-bond acceptors (Lipinski definition) is 3. The maximum Gasteiger partial charge on any atom is 0.288 e. The van der Waals surface area contributed by atoms with Gasteiger partial charge in [-0.15, -0.1) is 0 Å². The Hall–Kier alpha value is -2.96. The van der Waals surface area contributed by atoms with E-state index in [1.54, 1.807) is 47.3 Å². The Morgan fingerprint density at radius 3 is 2.50 bits per heavy atom. The minimum Gasteiger partial charge on any atom is -0.502 e. The molecule has 0 saturated carbocycles. The SMILES string of the molecule is OCc1ccc[n+](/C(C(=S)Nc2cccc3ccccc23)=C(/O)c2ccc(Cl)c(Cl)c2)c1. The third-order valence-corrected chi connectivity index (χ3v) is 6.01. The largest absolute Gasteiger partial charge is 0.502 e. The van der Waals surface area contributed by atoms with Crippen LogP contribution in [-0.2, 0) is 6.61 Å². The summed E-state index contributed by atoms with van der Waals surface area (Å²) in [5.41, 5.74) is 2.27. The topological polar surface area (TPSA) is 56.4 Å². The van der Waals surface area contributed by atoms with E-state index < -0.39 is 0 Å². The van der Waals surface area contributed by atoms with Crippen molar-refractivity contribution in [2.45, 2.75) is 6.61 Å². The first-order valence-corrected chi connectivity index (χ1v) is 10.9. The zero-order valence-corrected chi connectivity index (χ0v) is 19.1. The molecule has 4 rings (SSSR count). The van der Waals surface area contributed by atoms with Gasteiger partial charge in [0.1, 0.15) is 0 Å². The van der Waals surface area contributed by atoms with Crippen LogP contribution in [0.4, 0.5) is 5.69 Å². The van der Waals surface area contributed by atoms with Gasteiger partial charge in [0, 0.05) is 28.3 Å². The van der Waals surface area contributed by atoms with Crippen LogP contribution in [0.25, 0.3) is 22.2 Å². The van der Waals surface area contributed by atoms with Crippen molar-refractivity contribution in [1.82, 2.24) is 0 Å². The van der Waals surface area contributed by atoms with Crippen molar-refractivity contribution in [2.24, 2.45) is 0 Å². The number of thiocarbonyl (C=S) groups is 1. The Morgan fingerprint density at radius 1 is 0.938 bits per heavy atom. The van der Waals surface area contributed by atoms with E-state index in [0.717, 1.165) is 16.5 Å². The number of anilines is 1. The van der Waals surface area contributed by atoms with E-state index in [4.69, 9.17) is 35.4 Å². The number of aliphatic hydroxyl groups is 2. The first-order chi connectivity index (χ1) is 15.5. The second kappa shape index (κ2) is 9.67. The molecule has 0 saturated heterocycles. The summed E-state index contributed by atoms with van der Waals surface area (Å²) in [7, 11) is 0. The molecule has 0 bridgehead atoms. The zero-order valence-electron chi connectivity index (χ0n) is 16.8. The van der Waals surface area contributed by atoms with Gasteiger partial charge in [0.15, 0.2) is 23.1 Å². The van der Waals surface area contributed by atoms with Crippen LogP contribution in [0.2, 0.25) is 10.0 Å². The van der Waals surface area contributed by atoms with Gasteiger partial charge in [-0.1, -0.05) is 71.8 Å². The molecule has 0 amide bonds. The monoisotopic (exact) mass is 481 g/mol. The van der Waals surface area contributed by atoms with Crippen LogP contribution >= 0.6 is 35.4 Å². The lowest BCUT2D eigenvalue weighted by Gasteiger charge is -2.13. The molecule has 0 atom stereocenters. The minimum atomic E-state index is -0.148. The molecule has 0 aliphatic rings. The number of pyridine rings is 1. The Balaban J connectivity index is 1.84. The van der Waals surface area contributed by atoms with Crippen molar-refractivity contribution < 1.29 is 14.8 Å². The minimum absolute atomic E-state index is 0.0820. The highest BCUT2D eigenvalue weighted by Crippen LogP contribution is 2.28. The zero-order chi connectivity index (χ0) is 22.7. The number of aliphatic hydroxyl groups excluding tert-OH is 2. The van der Waals surface area contributed by atoms with Crippen LogP contribution < -0.4 is 9.88 Å². The lowest BCUT2D eigenvalue weighted by Crippen LogP contribution is -2.39. The highest BCUT2D eigenvalue weighted by molar-refractivity contribution is 7.81. The van der Waals surface area contributed by atoms with Gasteiger partial charge in [-0.05, 0) is 35.7 Å². The van der Waals surface area contributed by atoms with E-state index in [1.807, 2.05) is 42.5 Å². The molecule has 0 aliphatic heterocycles. The number of fused-ring (bicyclic) bond motifs is 1.